The number of carboxylic acid groups (broad SMARTS) is 1. The van der Waals surface area contributed by atoms with E-state index in [1.807, 2.05) is 13.8 Å². The van der Waals surface area contributed by atoms with Crippen molar-refractivity contribution in [3.8, 4) is 0 Å². The Bertz CT molecular complexity index is 169. The molecule has 0 aliphatic carbocycles. The molecule has 1 unspecified atom stereocenters. The standard InChI is InChI=1S/C9H16O3/c1-7(2)5-9(8(10)11)3-4-12-6-9/h7H,3-6H2,1-2H3,(H,10,11). The molecule has 3 nitrogen and oxygen atoms in total. The molecule has 0 spiro atoms. The average molecular weight is 172 g/mol. The molecule has 0 radical (unpaired) electrons. The summed E-state index contributed by atoms with van der Waals surface area (Å²) in [6, 6.07) is 0. The highest BCUT2D eigenvalue weighted by molar-refractivity contribution is 5.75. The van der Waals surface area contributed by atoms with Crippen LogP contribution >= 0.6 is 0 Å². The third kappa shape index (κ3) is 1.78. The van der Waals surface area contributed by atoms with Crippen LogP contribution in [0.2, 0.25) is 0 Å². The van der Waals surface area contributed by atoms with Crippen molar-refractivity contribution in [1.82, 2.24) is 0 Å². The van der Waals surface area contributed by atoms with Crippen molar-refractivity contribution in [2.75, 3.05) is 13.2 Å². The van der Waals surface area contributed by atoms with E-state index < -0.39 is 11.4 Å². The van der Waals surface area contributed by atoms with Gasteiger partial charge in [0.25, 0.3) is 0 Å². The number of carbonyl (C=O) groups is 1. The van der Waals surface area contributed by atoms with Crippen LogP contribution in [-0.2, 0) is 9.53 Å². The maximum absolute atomic E-state index is 11.0. The van der Waals surface area contributed by atoms with Crippen molar-refractivity contribution in [1.29, 1.82) is 0 Å². The molecule has 1 fully saturated rings. The highest BCUT2D eigenvalue weighted by Crippen LogP contribution is 2.35. The van der Waals surface area contributed by atoms with E-state index in [0.717, 1.165) is 6.42 Å². The van der Waals surface area contributed by atoms with Gasteiger partial charge in [0.1, 0.15) is 0 Å². The van der Waals surface area contributed by atoms with Crippen LogP contribution in [0.1, 0.15) is 26.7 Å². The normalized spacial score (nSPS) is 29.6. The molecule has 0 saturated carbocycles. The zero-order valence-corrected chi connectivity index (χ0v) is 7.67. The summed E-state index contributed by atoms with van der Waals surface area (Å²) in [4.78, 5) is 11.0. The van der Waals surface area contributed by atoms with Crippen LogP contribution in [0.15, 0.2) is 0 Å². The SMILES string of the molecule is CC(C)CC1(C(=O)O)CCOC1. The first-order valence-electron chi connectivity index (χ1n) is 4.38. The van der Waals surface area contributed by atoms with E-state index in [1.54, 1.807) is 0 Å². The van der Waals surface area contributed by atoms with Gasteiger partial charge in [-0.15, -0.1) is 0 Å². The summed E-state index contributed by atoms with van der Waals surface area (Å²) < 4.78 is 5.14. The molecule has 1 aliphatic rings. The molecule has 1 heterocycles. The predicted molar refractivity (Wildman–Crippen MR) is 45.0 cm³/mol. The van der Waals surface area contributed by atoms with Gasteiger partial charge in [0, 0.05) is 6.61 Å². The fourth-order valence-electron chi connectivity index (χ4n) is 1.81. The van der Waals surface area contributed by atoms with Crippen molar-refractivity contribution >= 4 is 5.97 Å². The molecular weight excluding hydrogens is 156 g/mol. The Kier molecular flexibility index (Phi) is 2.73. The third-order valence-electron chi connectivity index (χ3n) is 2.36. The second-order valence-corrected chi connectivity index (χ2v) is 3.99. The first kappa shape index (κ1) is 9.52. The fourth-order valence-corrected chi connectivity index (χ4v) is 1.81. The molecule has 12 heavy (non-hydrogen) atoms. The van der Waals surface area contributed by atoms with Gasteiger partial charge >= 0.3 is 5.97 Å². The van der Waals surface area contributed by atoms with Gasteiger partial charge in [-0.2, -0.15) is 0 Å². The summed E-state index contributed by atoms with van der Waals surface area (Å²) in [5, 5.41) is 9.03. The summed E-state index contributed by atoms with van der Waals surface area (Å²) >= 11 is 0. The lowest BCUT2D eigenvalue weighted by molar-refractivity contribution is -0.150. The minimum absolute atomic E-state index is 0.389. The molecule has 0 bridgehead atoms. The molecule has 0 aromatic carbocycles. The van der Waals surface area contributed by atoms with E-state index in [0.29, 0.717) is 25.6 Å². The zero-order chi connectivity index (χ0) is 9.19. The Balaban J connectivity index is 2.65. The van der Waals surface area contributed by atoms with Crippen molar-refractivity contribution in [3.05, 3.63) is 0 Å². The van der Waals surface area contributed by atoms with Crippen LogP contribution in [0, 0.1) is 11.3 Å². The van der Waals surface area contributed by atoms with E-state index in [9.17, 15) is 4.79 Å². The second kappa shape index (κ2) is 3.44. The summed E-state index contributed by atoms with van der Waals surface area (Å²) in [5.74, 6) is -0.281. The maximum Gasteiger partial charge on any atom is 0.312 e. The largest absolute Gasteiger partial charge is 0.481 e. The first-order valence-corrected chi connectivity index (χ1v) is 4.38. The Morgan fingerprint density at radius 3 is 2.67 bits per heavy atom. The molecule has 0 aromatic heterocycles. The quantitative estimate of drug-likeness (QED) is 0.702. The monoisotopic (exact) mass is 172 g/mol. The van der Waals surface area contributed by atoms with Crippen molar-refractivity contribution in [3.63, 3.8) is 0 Å². The number of hydrogen-bond acceptors (Lipinski definition) is 2. The molecule has 70 valence electrons. The van der Waals surface area contributed by atoms with Crippen LogP contribution < -0.4 is 0 Å². The molecule has 0 aromatic rings. The summed E-state index contributed by atoms with van der Waals surface area (Å²) in [6.45, 7) is 5.07. The number of rotatable bonds is 3. The molecule has 1 rings (SSSR count). The van der Waals surface area contributed by atoms with Gasteiger partial charge in [-0.1, -0.05) is 13.8 Å². The van der Waals surface area contributed by atoms with E-state index >= 15 is 0 Å². The van der Waals surface area contributed by atoms with Gasteiger partial charge in [-0.25, -0.2) is 0 Å². The van der Waals surface area contributed by atoms with Gasteiger partial charge in [-0.3, -0.25) is 4.79 Å². The molecule has 1 N–H and O–H groups in total. The van der Waals surface area contributed by atoms with E-state index in [-0.39, 0.29) is 0 Å². The van der Waals surface area contributed by atoms with Crippen LogP contribution in [0.25, 0.3) is 0 Å². The number of hydrogen-bond donors (Lipinski definition) is 1. The van der Waals surface area contributed by atoms with Crippen LogP contribution in [0.3, 0.4) is 0 Å². The minimum Gasteiger partial charge on any atom is -0.481 e. The molecule has 0 amide bonds. The highest BCUT2D eigenvalue weighted by Gasteiger charge is 2.42. The Hall–Kier alpha value is -0.570. The highest BCUT2D eigenvalue weighted by atomic mass is 16.5. The van der Waals surface area contributed by atoms with E-state index in [1.165, 1.54) is 0 Å². The summed E-state index contributed by atoms with van der Waals surface area (Å²) in [5.41, 5.74) is -0.589. The smallest absolute Gasteiger partial charge is 0.312 e. The summed E-state index contributed by atoms with van der Waals surface area (Å²) in [6.07, 6.45) is 1.39. The molecule has 1 aliphatic heterocycles. The Morgan fingerprint density at radius 2 is 2.33 bits per heavy atom. The topological polar surface area (TPSA) is 46.5 Å². The molecular formula is C9H16O3. The minimum atomic E-state index is -0.700. The summed E-state index contributed by atoms with van der Waals surface area (Å²) in [7, 11) is 0. The van der Waals surface area contributed by atoms with Gasteiger partial charge < -0.3 is 9.84 Å². The lowest BCUT2D eigenvalue weighted by Crippen LogP contribution is -2.32. The van der Waals surface area contributed by atoms with Crippen molar-refractivity contribution in [2.24, 2.45) is 11.3 Å². The predicted octanol–water partition coefficient (Wildman–Crippen LogP) is 1.52. The van der Waals surface area contributed by atoms with Crippen LogP contribution in [0.4, 0.5) is 0 Å². The second-order valence-electron chi connectivity index (χ2n) is 3.99. The van der Waals surface area contributed by atoms with Crippen molar-refractivity contribution < 1.29 is 14.6 Å². The average Bonchev–Trinajstić information content (AvgIpc) is 2.35. The third-order valence-corrected chi connectivity index (χ3v) is 2.36. The van der Waals surface area contributed by atoms with E-state index in [4.69, 9.17) is 9.84 Å². The number of carboxylic acids is 1. The van der Waals surface area contributed by atoms with Crippen LogP contribution in [0.5, 0.6) is 0 Å². The number of ether oxygens (including phenoxy) is 1. The first-order chi connectivity index (χ1) is 5.57. The van der Waals surface area contributed by atoms with Gasteiger partial charge in [0.05, 0.1) is 12.0 Å². The number of aliphatic carboxylic acids is 1. The van der Waals surface area contributed by atoms with Gasteiger partial charge in [0.15, 0.2) is 0 Å². The maximum atomic E-state index is 11.0. The Labute approximate surface area is 72.7 Å². The van der Waals surface area contributed by atoms with Gasteiger partial charge in [-0.05, 0) is 18.8 Å². The van der Waals surface area contributed by atoms with E-state index in [2.05, 4.69) is 0 Å². The molecule has 3 heteroatoms. The van der Waals surface area contributed by atoms with Gasteiger partial charge in [0.2, 0.25) is 0 Å². The molecule has 1 saturated heterocycles. The molecule has 1 atom stereocenters. The lowest BCUT2D eigenvalue weighted by atomic mass is 9.80. The van der Waals surface area contributed by atoms with Crippen LogP contribution in [-0.4, -0.2) is 24.3 Å². The Morgan fingerprint density at radius 1 is 1.67 bits per heavy atom. The fraction of sp³-hybridized carbons (Fsp3) is 0.889. The lowest BCUT2D eigenvalue weighted by Gasteiger charge is -2.23. The van der Waals surface area contributed by atoms with Crippen molar-refractivity contribution in [2.45, 2.75) is 26.7 Å². The zero-order valence-electron chi connectivity index (χ0n) is 7.67.